The van der Waals surface area contributed by atoms with Crippen LogP contribution in [0.3, 0.4) is 0 Å². The van der Waals surface area contributed by atoms with Gasteiger partial charge in [0.25, 0.3) is 0 Å². The molecular formula is C60H98Cl2N4O5-2. The second-order valence-corrected chi connectivity index (χ2v) is 21.1. The third-order valence-corrected chi connectivity index (χ3v) is 15.2. The Morgan fingerprint density at radius 1 is 0.507 bits per heavy atom. The van der Waals surface area contributed by atoms with Gasteiger partial charge in [-0.3, -0.25) is 0 Å². The fourth-order valence-electron chi connectivity index (χ4n) is 10.8. The zero-order valence-corrected chi connectivity index (χ0v) is 46.5. The van der Waals surface area contributed by atoms with E-state index in [1.807, 2.05) is 63.2 Å². The van der Waals surface area contributed by atoms with Gasteiger partial charge in [0.15, 0.2) is 0 Å². The number of carboxylic acid groups (broad SMARTS) is 1. The van der Waals surface area contributed by atoms with Crippen molar-refractivity contribution in [3.63, 3.8) is 0 Å². The molecule has 2 fully saturated rings. The molecule has 9 nitrogen and oxygen atoms in total. The lowest BCUT2D eigenvalue weighted by atomic mass is 9.77. The summed E-state index contributed by atoms with van der Waals surface area (Å²) >= 11 is 0. The highest BCUT2D eigenvalue weighted by atomic mass is 35.5. The minimum atomic E-state index is -0.832. The maximum absolute atomic E-state index is 12.4. The molecule has 2 N–H and O–H groups in total. The number of carbonyl (C=O) groups is 2. The summed E-state index contributed by atoms with van der Waals surface area (Å²) in [5, 5.41) is 17.5. The number of hydrogen-bond acceptors (Lipinski definition) is 8. The second-order valence-electron chi connectivity index (χ2n) is 21.1. The summed E-state index contributed by atoms with van der Waals surface area (Å²) in [4.78, 5) is 31.7. The molecule has 2 aliphatic carbocycles. The largest absolute Gasteiger partial charge is 1.00 e. The average molecular weight is 1030 g/mol. The number of carbonyl (C=O) groups excluding carboxylic acids is 1. The molecule has 0 atom stereocenters. The van der Waals surface area contributed by atoms with E-state index in [0.29, 0.717) is 29.6 Å². The number of halogens is 2. The number of rotatable bonds is 29. The van der Waals surface area contributed by atoms with Gasteiger partial charge in [-0.15, -0.1) is 0 Å². The molecule has 0 radical (unpaired) electrons. The number of carboxylic acids is 1. The zero-order valence-electron chi connectivity index (χ0n) is 44.9. The molecule has 0 amide bonds. The molecule has 4 aliphatic rings. The first-order valence-electron chi connectivity index (χ1n) is 28.1. The summed E-state index contributed by atoms with van der Waals surface area (Å²) in [6, 6.07) is 15.8. The predicted octanol–water partition coefficient (Wildman–Crippen LogP) is 8.96. The molecule has 0 aromatic heterocycles. The number of β-amino-alcohol motifs (C(OH)–C–C–N with tert-alkyl or cyclic N) is 1. The summed E-state index contributed by atoms with van der Waals surface area (Å²) in [6.45, 7) is 8.45. The van der Waals surface area contributed by atoms with Crippen LogP contribution < -0.4 is 24.8 Å². The lowest BCUT2D eigenvalue weighted by Gasteiger charge is -2.29. The van der Waals surface area contributed by atoms with Gasteiger partial charge in [-0.2, -0.15) is 0 Å². The van der Waals surface area contributed by atoms with Crippen molar-refractivity contribution in [3.8, 4) is 0 Å². The van der Waals surface area contributed by atoms with Crippen LogP contribution in [0.5, 0.6) is 0 Å². The Morgan fingerprint density at radius 2 is 0.873 bits per heavy atom. The molecule has 2 heterocycles. The van der Waals surface area contributed by atoms with Crippen LogP contribution in [-0.2, 0) is 4.74 Å². The van der Waals surface area contributed by atoms with E-state index in [1.165, 1.54) is 191 Å². The zero-order chi connectivity index (χ0) is 49.3. The third-order valence-electron chi connectivity index (χ3n) is 15.2. The van der Waals surface area contributed by atoms with Crippen molar-refractivity contribution in [3.05, 3.63) is 95.6 Å². The quantitative estimate of drug-likeness (QED) is 0.0612. The van der Waals surface area contributed by atoms with Crippen LogP contribution in [0.1, 0.15) is 237 Å². The van der Waals surface area contributed by atoms with Crippen LogP contribution in [0.15, 0.2) is 73.3 Å². The van der Waals surface area contributed by atoms with E-state index >= 15 is 0 Å². The first-order valence-corrected chi connectivity index (χ1v) is 28.1. The van der Waals surface area contributed by atoms with Crippen LogP contribution >= 0.6 is 0 Å². The van der Waals surface area contributed by atoms with Gasteiger partial charge in [0, 0.05) is 45.4 Å². The van der Waals surface area contributed by atoms with E-state index in [4.69, 9.17) is 14.9 Å². The van der Waals surface area contributed by atoms with Gasteiger partial charge in [-0.1, -0.05) is 167 Å². The molecule has 6 rings (SSSR count). The molecule has 2 aromatic rings. The SMILES string of the molecule is CCCCCCCCCCCC1CCC(c2ccc(C(=O)O)cc2)CC1.CCCCCCCCCCCC1CCC(c2ccc(C(=O)OCCN3C=CN(C)C3)cc2)CC1.CN1C=CN(CCO)C1.[Cl-].[Cl-]. The number of aliphatic hydroxyl groups is 1. The van der Waals surface area contributed by atoms with Gasteiger partial charge in [0.2, 0.25) is 0 Å². The maximum atomic E-state index is 12.4. The Bertz CT molecular complexity index is 1690. The molecular weight excluding hydrogens is 928 g/mol. The summed E-state index contributed by atoms with van der Waals surface area (Å²) < 4.78 is 5.48. The van der Waals surface area contributed by atoms with Gasteiger partial charge in [-0.05, 0) is 110 Å². The Labute approximate surface area is 445 Å². The molecule has 11 heteroatoms. The van der Waals surface area contributed by atoms with Gasteiger partial charge in [-0.25, -0.2) is 9.59 Å². The number of hydrogen-bond donors (Lipinski definition) is 2. The number of aliphatic hydroxyl groups excluding tert-OH is 1. The Hall–Kier alpha value is -3.40. The summed E-state index contributed by atoms with van der Waals surface area (Å²) in [7, 11) is 4.04. The molecule has 0 spiro atoms. The first-order chi connectivity index (χ1) is 33.7. The number of esters is 1. The lowest BCUT2D eigenvalue weighted by molar-refractivity contribution is -0.001000. The van der Waals surface area contributed by atoms with Crippen molar-refractivity contribution < 1.29 is 49.4 Å². The van der Waals surface area contributed by atoms with Crippen molar-refractivity contribution in [1.82, 2.24) is 19.6 Å². The Morgan fingerprint density at radius 3 is 1.23 bits per heavy atom. The molecule has 2 saturated carbocycles. The summed E-state index contributed by atoms with van der Waals surface area (Å²) in [5.41, 5.74) is 3.78. The third kappa shape index (κ3) is 26.9. The van der Waals surface area contributed by atoms with Crippen LogP contribution in [0.25, 0.3) is 0 Å². The fourth-order valence-corrected chi connectivity index (χ4v) is 10.8. The second kappa shape index (κ2) is 39.1. The molecule has 0 unspecified atom stereocenters. The highest BCUT2D eigenvalue weighted by Gasteiger charge is 2.24. The van der Waals surface area contributed by atoms with Crippen molar-refractivity contribution in [2.24, 2.45) is 11.8 Å². The highest BCUT2D eigenvalue weighted by Crippen LogP contribution is 2.39. The maximum Gasteiger partial charge on any atom is 0.338 e. The van der Waals surface area contributed by atoms with Gasteiger partial charge in [0.1, 0.15) is 6.61 Å². The van der Waals surface area contributed by atoms with E-state index in [9.17, 15) is 9.59 Å². The molecule has 404 valence electrons. The molecule has 2 aliphatic heterocycles. The number of nitrogens with zero attached hydrogens (tertiary/aromatic N) is 4. The van der Waals surface area contributed by atoms with Crippen molar-refractivity contribution in [2.75, 3.05) is 53.7 Å². The number of ether oxygens (including phenoxy) is 1. The fraction of sp³-hybridized carbons (Fsp3) is 0.700. The molecule has 0 bridgehead atoms. The monoisotopic (exact) mass is 1020 g/mol. The van der Waals surface area contributed by atoms with Crippen molar-refractivity contribution in [1.29, 1.82) is 0 Å². The average Bonchev–Trinajstić information content (AvgIpc) is 4.00. The topological polar surface area (TPSA) is 96.8 Å². The van der Waals surface area contributed by atoms with E-state index in [0.717, 1.165) is 38.3 Å². The highest BCUT2D eigenvalue weighted by molar-refractivity contribution is 5.89. The van der Waals surface area contributed by atoms with Crippen molar-refractivity contribution in [2.45, 2.75) is 205 Å². The Kier molecular flexibility index (Phi) is 35.1. The predicted molar refractivity (Wildman–Crippen MR) is 287 cm³/mol. The van der Waals surface area contributed by atoms with E-state index < -0.39 is 5.97 Å². The molecule has 71 heavy (non-hydrogen) atoms. The van der Waals surface area contributed by atoms with Gasteiger partial charge >= 0.3 is 11.9 Å². The molecule has 0 saturated heterocycles. The lowest BCUT2D eigenvalue weighted by Crippen LogP contribution is -3.00. The number of aromatic carboxylic acids is 1. The van der Waals surface area contributed by atoms with Crippen molar-refractivity contribution >= 4 is 11.9 Å². The van der Waals surface area contributed by atoms with Crippen LogP contribution in [-0.4, -0.2) is 95.5 Å². The minimum absolute atomic E-state index is 0. The van der Waals surface area contributed by atoms with Gasteiger partial charge in [0.05, 0.1) is 37.6 Å². The van der Waals surface area contributed by atoms with Crippen LogP contribution in [0.4, 0.5) is 0 Å². The summed E-state index contributed by atoms with van der Waals surface area (Å²) in [5.74, 6) is 2.10. The molecule has 2 aromatic carbocycles. The number of unbranched alkanes of at least 4 members (excludes halogenated alkanes) is 16. The van der Waals surface area contributed by atoms with E-state index in [-0.39, 0.29) is 37.4 Å². The van der Waals surface area contributed by atoms with Gasteiger partial charge < -0.3 is 59.4 Å². The minimum Gasteiger partial charge on any atom is -1.00 e. The van der Waals surface area contributed by atoms with Crippen LogP contribution in [0.2, 0.25) is 0 Å². The standard InChI is InChI=1S/C30H48N2O2.C24H38O2.C6H12N2O.2ClH/c1-3-4-5-6-7-8-9-10-11-12-26-13-15-27(16-14-26)28-17-19-29(20-18-28)30(33)34-24-23-32-22-21-31(2)25-32;1-2-3-4-5-6-7-8-9-10-11-20-12-14-21(15-13-20)22-16-18-23(19-17-22)24(25)26;1-7-2-3-8(6-7)4-5-9;;/h17-22,26-27H,3-16,23-25H2,1-2H3;16-21H,2-15H2,1H3,(H,25,26);2-3,9H,4-6H2,1H3;2*1H/p-2. The van der Waals surface area contributed by atoms with Crippen LogP contribution in [0, 0.1) is 11.8 Å². The smallest absolute Gasteiger partial charge is 0.338 e. The first kappa shape index (κ1) is 63.7. The Balaban J connectivity index is 0.000000412. The summed E-state index contributed by atoms with van der Waals surface area (Å²) in [6.07, 6.45) is 47.0. The normalized spacial score (nSPS) is 19.3. The van der Waals surface area contributed by atoms with E-state index in [1.54, 1.807) is 12.1 Å². The number of benzene rings is 2. The van der Waals surface area contributed by atoms with E-state index in [2.05, 4.69) is 45.6 Å².